The van der Waals surface area contributed by atoms with Gasteiger partial charge in [-0.2, -0.15) is 0 Å². The highest BCUT2D eigenvalue weighted by molar-refractivity contribution is 7.80. The average molecular weight is 417 g/mol. The molecule has 8 nitrogen and oxygen atoms in total. The molecule has 2 N–H and O–H groups in total. The SMILES string of the molecule is CCC(CC)(C(=O)NC(=S)N1CCOCC1)C(=O)NC(=S)N1CCOCC1. The lowest BCUT2D eigenvalue weighted by Crippen LogP contribution is -2.58. The third kappa shape index (κ3) is 5.34. The zero-order valence-electron chi connectivity index (χ0n) is 15.9. The maximum atomic E-state index is 13.0. The minimum atomic E-state index is -1.23. The molecule has 152 valence electrons. The number of hydrogen-bond donors (Lipinski definition) is 2. The third-order valence-electron chi connectivity index (χ3n) is 5.11. The molecule has 2 saturated heterocycles. The lowest BCUT2D eigenvalue weighted by molar-refractivity contribution is -0.142. The first-order valence-electron chi connectivity index (χ1n) is 9.30. The number of ether oxygens (including phenoxy) is 2. The molecule has 2 aliphatic heterocycles. The van der Waals surface area contributed by atoms with Crippen LogP contribution in [0.25, 0.3) is 0 Å². The summed E-state index contributed by atoms with van der Waals surface area (Å²) in [7, 11) is 0. The fraction of sp³-hybridized carbons (Fsp3) is 0.765. The van der Waals surface area contributed by atoms with Crippen LogP contribution in [-0.4, -0.2) is 84.4 Å². The zero-order chi connectivity index (χ0) is 19.9. The largest absolute Gasteiger partial charge is 0.378 e. The molecule has 0 radical (unpaired) electrons. The molecule has 0 bridgehead atoms. The van der Waals surface area contributed by atoms with Crippen molar-refractivity contribution in [3.05, 3.63) is 0 Å². The van der Waals surface area contributed by atoms with Gasteiger partial charge in [0.1, 0.15) is 5.41 Å². The van der Waals surface area contributed by atoms with Gasteiger partial charge in [-0.1, -0.05) is 13.8 Å². The lowest BCUT2D eigenvalue weighted by atomic mass is 9.80. The number of carbonyl (C=O) groups excluding carboxylic acids is 2. The maximum Gasteiger partial charge on any atom is 0.241 e. The lowest BCUT2D eigenvalue weighted by Gasteiger charge is -2.34. The van der Waals surface area contributed by atoms with Crippen LogP contribution >= 0.6 is 24.4 Å². The number of carbonyl (C=O) groups is 2. The van der Waals surface area contributed by atoms with Gasteiger partial charge in [0, 0.05) is 26.2 Å². The molecule has 0 aromatic heterocycles. The van der Waals surface area contributed by atoms with E-state index in [9.17, 15) is 9.59 Å². The van der Waals surface area contributed by atoms with Crippen molar-refractivity contribution in [2.24, 2.45) is 5.41 Å². The second kappa shape index (κ2) is 10.3. The van der Waals surface area contributed by atoms with Gasteiger partial charge in [0.05, 0.1) is 26.4 Å². The van der Waals surface area contributed by atoms with Gasteiger partial charge in [-0.25, -0.2) is 0 Å². The standard InChI is InChI=1S/C17H28N4O4S2/c1-3-17(4-2,13(22)18-15(26)20-5-9-24-10-6-20)14(23)19-16(27)21-7-11-25-12-8-21/h3-12H2,1-2H3,(H,18,22,26)(H,19,23,27). The minimum absolute atomic E-state index is 0.332. The van der Waals surface area contributed by atoms with E-state index in [2.05, 4.69) is 10.6 Å². The van der Waals surface area contributed by atoms with Crippen molar-refractivity contribution in [1.29, 1.82) is 0 Å². The third-order valence-corrected chi connectivity index (χ3v) is 5.83. The Balaban J connectivity index is 2.02. The predicted octanol–water partition coefficient (Wildman–Crippen LogP) is 0.259. The van der Waals surface area contributed by atoms with E-state index in [0.717, 1.165) is 0 Å². The highest BCUT2D eigenvalue weighted by Gasteiger charge is 2.44. The number of thiocarbonyl (C=S) groups is 2. The van der Waals surface area contributed by atoms with Crippen molar-refractivity contribution < 1.29 is 19.1 Å². The van der Waals surface area contributed by atoms with Crippen molar-refractivity contribution >= 4 is 46.5 Å². The number of hydrogen-bond acceptors (Lipinski definition) is 6. The highest BCUT2D eigenvalue weighted by atomic mass is 32.1. The molecule has 2 fully saturated rings. The molecule has 0 saturated carbocycles. The Morgan fingerprint density at radius 3 is 1.44 bits per heavy atom. The molecule has 2 aliphatic rings. The number of nitrogens with zero attached hydrogens (tertiary/aromatic N) is 2. The first kappa shape index (κ1) is 21.9. The topological polar surface area (TPSA) is 83.1 Å². The Hall–Kier alpha value is -1.36. The summed E-state index contributed by atoms with van der Waals surface area (Å²) in [6.45, 7) is 8.39. The predicted molar refractivity (Wildman–Crippen MR) is 109 cm³/mol. The molecule has 0 aromatic carbocycles. The number of nitrogens with one attached hydrogen (secondary N) is 2. The number of morpholine rings is 2. The van der Waals surface area contributed by atoms with Crippen LogP contribution < -0.4 is 10.6 Å². The van der Waals surface area contributed by atoms with Crippen LogP contribution in [0.4, 0.5) is 0 Å². The Bertz CT molecular complexity index is 525. The van der Waals surface area contributed by atoms with Crippen LogP contribution in [0.15, 0.2) is 0 Å². The summed E-state index contributed by atoms with van der Waals surface area (Å²) in [6, 6.07) is 0. The van der Waals surface area contributed by atoms with Crippen LogP contribution in [0.3, 0.4) is 0 Å². The van der Waals surface area contributed by atoms with E-state index in [0.29, 0.717) is 75.7 Å². The van der Waals surface area contributed by atoms with Gasteiger partial charge in [0.15, 0.2) is 10.2 Å². The summed E-state index contributed by atoms with van der Waals surface area (Å²) in [4.78, 5) is 29.7. The molecular formula is C17H28N4O4S2. The molecule has 0 aliphatic carbocycles. The summed E-state index contributed by atoms with van der Waals surface area (Å²) in [5.74, 6) is -0.794. The Kier molecular flexibility index (Phi) is 8.33. The molecular weight excluding hydrogens is 388 g/mol. The van der Waals surface area contributed by atoms with E-state index in [1.165, 1.54) is 0 Å². The summed E-state index contributed by atoms with van der Waals surface area (Å²) < 4.78 is 10.6. The number of amides is 2. The minimum Gasteiger partial charge on any atom is -0.378 e. The van der Waals surface area contributed by atoms with E-state index in [4.69, 9.17) is 33.9 Å². The summed E-state index contributed by atoms with van der Waals surface area (Å²) in [5, 5.41) is 6.17. The molecule has 0 spiro atoms. The Morgan fingerprint density at radius 2 is 1.15 bits per heavy atom. The highest BCUT2D eigenvalue weighted by Crippen LogP contribution is 2.27. The van der Waals surface area contributed by atoms with Crippen LogP contribution in [-0.2, 0) is 19.1 Å². The van der Waals surface area contributed by atoms with Gasteiger partial charge in [-0.15, -0.1) is 0 Å². The van der Waals surface area contributed by atoms with Crippen LogP contribution in [0, 0.1) is 5.41 Å². The average Bonchev–Trinajstić information content (AvgIpc) is 2.70. The van der Waals surface area contributed by atoms with Gasteiger partial charge in [-0.05, 0) is 37.3 Å². The van der Waals surface area contributed by atoms with E-state index in [1.54, 1.807) is 0 Å². The summed E-state index contributed by atoms with van der Waals surface area (Å²) in [5.41, 5.74) is -1.23. The molecule has 2 rings (SSSR count). The van der Waals surface area contributed by atoms with Crippen LogP contribution in [0.1, 0.15) is 26.7 Å². The van der Waals surface area contributed by atoms with E-state index >= 15 is 0 Å². The second-order valence-electron chi connectivity index (χ2n) is 6.51. The molecule has 10 heteroatoms. The second-order valence-corrected chi connectivity index (χ2v) is 7.28. The van der Waals surface area contributed by atoms with Crippen molar-refractivity contribution in [3.63, 3.8) is 0 Å². The van der Waals surface area contributed by atoms with Gasteiger partial charge >= 0.3 is 0 Å². The molecule has 2 amide bonds. The van der Waals surface area contributed by atoms with E-state index < -0.39 is 17.2 Å². The fourth-order valence-corrected chi connectivity index (χ4v) is 3.67. The Labute approximate surface area is 170 Å². The van der Waals surface area contributed by atoms with Crippen molar-refractivity contribution in [2.75, 3.05) is 52.6 Å². The van der Waals surface area contributed by atoms with Crippen molar-refractivity contribution in [3.8, 4) is 0 Å². The summed E-state index contributed by atoms with van der Waals surface area (Å²) in [6.07, 6.45) is 0.692. The van der Waals surface area contributed by atoms with Gasteiger partial charge in [0.25, 0.3) is 0 Å². The first-order valence-corrected chi connectivity index (χ1v) is 10.1. The van der Waals surface area contributed by atoms with E-state index in [-0.39, 0.29) is 0 Å². The quantitative estimate of drug-likeness (QED) is 0.499. The first-order chi connectivity index (χ1) is 12.9. The van der Waals surface area contributed by atoms with E-state index in [1.807, 2.05) is 23.6 Å². The molecule has 0 unspecified atom stereocenters. The van der Waals surface area contributed by atoms with Gasteiger partial charge < -0.3 is 29.9 Å². The Morgan fingerprint density at radius 1 is 0.815 bits per heavy atom. The summed E-state index contributed by atoms with van der Waals surface area (Å²) >= 11 is 10.7. The van der Waals surface area contributed by atoms with Crippen molar-refractivity contribution in [2.45, 2.75) is 26.7 Å². The molecule has 0 atom stereocenters. The zero-order valence-corrected chi connectivity index (χ0v) is 17.5. The molecule has 0 aromatic rings. The maximum absolute atomic E-state index is 13.0. The van der Waals surface area contributed by atoms with Gasteiger partial charge in [-0.3, -0.25) is 9.59 Å². The van der Waals surface area contributed by atoms with Crippen molar-refractivity contribution in [1.82, 2.24) is 20.4 Å². The van der Waals surface area contributed by atoms with Crippen LogP contribution in [0.2, 0.25) is 0 Å². The van der Waals surface area contributed by atoms with Crippen LogP contribution in [0.5, 0.6) is 0 Å². The smallest absolute Gasteiger partial charge is 0.241 e. The monoisotopic (exact) mass is 416 g/mol. The molecule has 27 heavy (non-hydrogen) atoms. The normalized spacial score (nSPS) is 18.0. The van der Waals surface area contributed by atoms with Gasteiger partial charge in [0.2, 0.25) is 11.8 Å². The molecule has 2 heterocycles. The fourth-order valence-electron chi connectivity index (χ4n) is 3.12. The number of rotatable bonds is 4.